The molecule has 0 radical (unpaired) electrons. The summed E-state index contributed by atoms with van der Waals surface area (Å²) < 4.78 is 40.0. The van der Waals surface area contributed by atoms with Gasteiger partial charge in [0.05, 0.1) is 6.10 Å². The highest BCUT2D eigenvalue weighted by Gasteiger charge is 2.27. The minimum absolute atomic E-state index is 0.0803. The molecule has 0 unspecified atom stereocenters. The van der Waals surface area contributed by atoms with E-state index in [-0.39, 0.29) is 17.4 Å². The Bertz CT molecular complexity index is 559. The standard InChI is InChI=1S/C13H18FNO3S/c1-9-5-6-13(11(14)7-9)19(17,18)15-8-10-3-2-4-12(10)16/h5-7,10,12,15-16H,2-4,8H2,1H3/t10-,12-/m0/s1. The number of halogens is 1. The van der Waals surface area contributed by atoms with E-state index in [4.69, 9.17) is 0 Å². The molecule has 2 rings (SSSR count). The molecule has 0 spiro atoms. The lowest BCUT2D eigenvalue weighted by Crippen LogP contribution is -2.32. The number of nitrogens with one attached hydrogen (secondary N) is 1. The summed E-state index contributed by atoms with van der Waals surface area (Å²) in [7, 11) is -3.85. The zero-order valence-corrected chi connectivity index (χ0v) is 11.6. The van der Waals surface area contributed by atoms with Gasteiger partial charge in [-0.1, -0.05) is 12.5 Å². The summed E-state index contributed by atoms with van der Waals surface area (Å²) in [5.41, 5.74) is 0.669. The van der Waals surface area contributed by atoms with E-state index in [0.29, 0.717) is 12.0 Å². The predicted octanol–water partition coefficient (Wildman–Crippen LogP) is 1.57. The number of hydrogen-bond acceptors (Lipinski definition) is 3. The Balaban J connectivity index is 2.09. The molecule has 1 aliphatic rings. The largest absolute Gasteiger partial charge is 0.393 e. The van der Waals surface area contributed by atoms with Crippen molar-refractivity contribution in [1.29, 1.82) is 0 Å². The van der Waals surface area contributed by atoms with Crippen molar-refractivity contribution in [2.45, 2.75) is 37.2 Å². The van der Waals surface area contributed by atoms with Crippen LogP contribution in [0.4, 0.5) is 4.39 Å². The van der Waals surface area contributed by atoms with E-state index in [1.54, 1.807) is 13.0 Å². The second kappa shape index (κ2) is 5.56. The van der Waals surface area contributed by atoms with Crippen LogP contribution in [0.2, 0.25) is 0 Å². The Hall–Kier alpha value is -0.980. The van der Waals surface area contributed by atoms with E-state index >= 15 is 0 Å². The third-order valence-electron chi connectivity index (χ3n) is 3.53. The van der Waals surface area contributed by atoms with Crippen LogP contribution in [0.15, 0.2) is 23.1 Å². The van der Waals surface area contributed by atoms with Crippen LogP contribution < -0.4 is 4.72 Å². The quantitative estimate of drug-likeness (QED) is 0.883. The summed E-state index contributed by atoms with van der Waals surface area (Å²) in [6.45, 7) is 1.85. The molecule has 106 valence electrons. The van der Waals surface area contributed by atoms with Gasteiger partial charge in [-0.3, -0.25) is 0 Å². The summed E-state index contributed by atoms with van der Waals surface area (Å²) in [4.78, 5) is -0.342. The molecule has 1 saturated carbocycles. The van der Waals surface area contributed by atoms with Crippen molar-refractivity contribution in [3.05, 3.63) is 29.6 Å². The first-order chi connectivity index (χ1) is 8.90. The molecule has 2 N–H and O–H groups in total. The lowest BCUT2D eigenvalue weighted by Gasteiger charge is -2.15. The van der Waals surface area contributed by atoms with Crippen LogP contribution >= 0.6 is 0 Å². The Kier molecular flexibility index (Phi) is 4.23. The van der Waals surface area contributed by atoms with E-state index in [0.717, 1.165) is 12.8 Å². The molecular formula is C13H18FNO3S. The number of benzene rings is 1. The minimum atomic E-state index is -3.85. The smallest absolute Gasteiger partial charge is 0.243 e. The van der Waals surface area contributed by atoms with Crippen molar-refractivity contribution >= 4 is 10.0 Å². The van der Waals surface area contributed by atoms with Crippen LogP contribution in [-0.2, 0) is 10.0 Å². The second-order valence-corrected chi connectivity index (χ2v) is 6.78. The highest BCUT2D eigenvalue weighted by atomic mass is 32.2. The van der Waals surface area contributed by atoms with Crippen molar-refractivity contribution in [2.24, 2.45) is 5.92 Å². The highest BCUT2D eigenvalue weighted by molar-refractivity contribution is 7.89. The molecule has 4 nitrogen and oxygen atoms in total. The third-order valence-corrected chi connectivity index (χ3v) is 4.99. The molecule has 1 aromatic carbocycles. The van der Waals surface area contributed by atoms with Crippen LogP contribution in [0.3, 0.4) is 0 Å². The molecule has 0 heterocycles. The van der Waals surface area contributed by atoms with Crippen LogP contribution in [0.5, 0.6) is 0 Å². The van der Waals surface area contributed by atoms with E-state index in [1.807, 2.05) is 0 Å². The molecule has 19 heavy (non-hydrogen) atoms. The van der Waals surface area contributed by atoms with Gasteiger partial charge in [0.15, 0.2) is 0 Å². The van der Waals surface area contributed by atoms with Crippen molar-refractivity contribution in [1.82, 2.24) is 4.72 Å². The molecular weight excluding hydrogens is 269 g/mol. The van der Waals surface area contributed by atoms with Gasteiger partial charge in [-0.05, 0) is 43.4 Å². The Morgan fingerprint density at radius 3 is 2.74 bits per heavy atom. The van der Waals surface area contributed by atoms with E-state index in [2.05, 4.69) is 4.72 Å². The Morgan fingerprint density at radius 2 is 2.16 bits per heavy atom. The molecule has 1 aromatic rings. The SMILES string of the molecule is Cc1ccc(S(=O)(=O)NC[C@@H]2CCC[C@@H]2O)c(F)c1. The maximum Gasteiger partial charge on any atom is 0.243 e. The molecule has 0 saturated heterocycles. The number of sulfonamides is 1. The fraction of sp³-hybridized carbons (Fsp3) is 0.538. The van der Waals surface area contributed by atoms with Crippen molar-refractivity contribution in [2.75, 3.05) is 6.54 Å². The van der Waals surface area contributed by atoms with Gasteiger partial charge in [-0.25, -0.2) is 17.5 Å². The number of rotatable bonds is 4. The molecule has 1 fully saturated rings. The lowest BCUT2D eigenvalue weighted by atomic mass is 10.1. The highest BCUT2D eigenvalue weighted by Crippen LogP contribution is 2.25. The van der Waals surface area contributed by atoms with Gasteiger partial charge in [0.1, 0.15) is 10.7 Å². The average molecular weight is 287 g/mol. The van der Waals surface area contributed by atoms with Gasteiger partial charge in [0.25, 0.3) is 0 Å². The van der Waals surface area contributed by atoms with Crippen molar-refractivity contribution < 1.29 is 17.9 Å². The molecule has 2 atom stereocenters. The molecule has 0 amide bonds. The van der Waals surface area contributed by atoms with Gasteiger partial charge in [0.2, 0.25) is 10.0 Å². The Morgan fingerprint density at radius 1 is 1.42 bits per heavy atom. The summed E-state index contributed by atoms with van der Waals surface area (Å²) in [5, 5.41) is 9.64. The normalized spacial score (nSPS) is 23.7. The zero-order chi connectivity index (χ0) is 14.0. The number of hydrogen-bond donors (Lipinski definition) is 2. The summed E-state index contributed by atoms with van der Waals surface area (Å²) in [6.07, 6.45) is 1.92. The van der Waals surface area contributed by atoms with Gasteiger partial charge < -0.3 is 5.11 Å². The van der Waals surface area contributed by atoms with Gasteiger partial charge in [-0.15, -0.1) is 0 Å². The first-order valence-electron chi connectivity index (χ1n) is 6.34. The van der Waals surface area contributed by atoms with Crippen LogP contribution in [0, 0.1) is 18.7 Å². The third kappa shape index (κ3) is 3.32. The van der Waals surface area contributed by atoms with Crippen LogP contribution in [0.25, 0.3) is 0 Å². The topological polar surface area (TPSA) is 66.4 Å². The van der Waals surface area contributed by atoms with Crippen molar-refractivity contribution in [3.8, 4) is 0 Å². The Labute approximate surface area is 112 Å². The van der Waals surface area contributed by atoms with E-state index in [1.165, 1.54) is 12.1 Å². The molecule has 0 bridgehead atoms. The van der Waals surface area contributed by atoms with Crippen molar-refractivity contribution in [3.63, 3.8) is 0 Å². The summed E-state index contributed by atoms with van der Waals surface area (Å²) >= 11 is 0. The number of aliphatic hydroxyl groups excluding tert-OH is 1. The average Bonchev–Trinajstić information content (AvgIpc) is 2.72. The first-order valence-corrected chi connectivity index (χ1v) is 7.82. The number of aryl methyl sites for hydroxylation is 1. The summed E-state index contributed by atoms with van der Waals surface area (Å²) in [6, 6.07) is 4.01. The lowest BCUT2D eigenvalue weighted by molar-refractivity contribution is 0.134. The van der Waals surface area contributed by atoms with Crippen LogP contribution in [0.1, 0.15) is 24.8 Å². The van der Waals surface area contributed by atoms with E-state index in [9.17, 15) is 17.9 Å². The van der Waals surface area contributed by atoms with Gasteiger partial charge in [-0.2, -0.15) is 0 Å². The predicted molar refractivity (Wildman–Crippen MR) is 69.7 cm³/mol. The summed E-state index contributed by atoms with van der Waals surface area (Å²) in [5.74, 6) is -0.831. The second-order valence-electron chi connectivity index (χ2n) is 5.04. The number of aliphatic hydroxyl groups is 1. The fourth-order valence-electron chi connectivity index (χ4n) is 2.37. The maximum absolute atomic E-state index is 13.7. The molecule has 0 aromatic heterocycles. The fourth-order valence-corrected chi connectivity index (χ4v) is 3.53. The van der Waals surface area contributed by atoms with Gasteiger partial charge in [0, 0.05) is 6.54 Å². The molecule has 1 aliphatic carbocycles. The van der Waals surface area contributed by atoms with E-state index < -0.39 is 21.9 Å². The molecule has 6 heteroatoms. The minimum Gasteiger partial charge on any atom is -0.393 e. The monoisotopic (exact) mass is 287 g/mol. The van der Waals surface area contributed by atoms with Gasteiger partial charge >= 0.3 is 0 Å². The zero-order valence-electron chi connectivity index (χ0n) is 10.8. The first kappa shape index (κ1) is 14.4. The maximum atomic E-state index is 13.7. The molecule has 0 aliphatic heterocycles. The van der Waals surface area contributed by atoms with Crippen LogP contribution in [-0.4, -0.2) is 26.2 Å².